The molecule has 0 radical (unpaired) electrons. The number of aromatic nitrogens is 1. The van der Waals surface area contributed by atoms with Gasteiger partial charge < -0.3 is 15.6 Å². The molecule has 1 aromatic heterocycles. The maximum Gasteiger partial charge on any atom is 0.412 e. The van der Waals surface area contributed by atoms with Crippen molar-refractivity contribution >= 4 is 29.1 Å². The first-order valence-corrected chi connectivity index (χ1v) is 7.39. The van der Waals surface area contributed by atoms with Crippen molar-refractivity contribution in [2.45, 2.75) is 26.3 Å². The van der Waals surface area contributed by atoms with E-state index in [1.807, 2.05) is 0 Å². The Kier molecular flexibility index (Phi) is 4.84. The van der Waals surface area contributed by atoms with Crippen LogP contribution in [0, 0.1) is 5.82 Å². The zero-order valence-corrected chi connectivity index (χ0v) is 14.1. The number of amides is 1. The van der Waals surface area contributed by atoms with Crippen LogP contribution in [-0.2, 0) is 0 Å². The Balaban J connectivity index is 2.47. The highest BCUT2D eigenvalue weighted by Crippen LogP contribution is 2.37. The highest BCUT2D eigenvalue weighted by Gasteiger charge is 2.31. The summed E-state index contributed by atoms with van der Waals surface area (Å²) in [4.78, 5) is 16.4. The second-order valence-electron chi connectivity index (χ2n) is 6.05. The number of nitrogens with two attached hydrogens (primary N) is 1. The van der Waals surface area contributed by atoms with E-state index in [1.165, 1.54) is 18.3 Å². The molecule has 0 unspecified atom stereocenters. The van der Waals surface area contributed by atoms with Crippen LogP contribution >= 0.6 is 11.6 Å². The topological polar surface area (TPSA) is 88.7 Å². The number of nitrogens with zero attached hydrogens (tertiary/aromatic N) is 2. The standard InChI is InChI=1S/C16H17ClFN3O3/c1-16(2,3)21(15(22)23)12-7-13(10(17)6-11(12)18)24-14-5-4-9(19)8-20-14/h4-8H,19H2,1-3H3,(H,22,23). The van der Waals surface area contributed by atoms with Crippen molar-refractivity contribution < 1.29 is 19.0 Å². The van der Waals surface area contributed by atoms with Gasteiger partial charge in [0.05, 0.1) is 22.6 Å². The number of ether oxygens (including phenoxy) is 1. The molecule has 0 aliphatic rings. The molecule has 0 aliphatic heterocycles. The summed E-state index contributed by atoms with van der Waals surface area (Å²) in [5, 5.41) is 9.42. The minimum atomic E-state index is -1.29. The number of hydrogen-bond acceptors (Lipinski definition) is 4. The van der Waals surface area contributed by atoms with Gasteiger partial charge in [0, 0.05) is 17.7 Å². The number of hydrogen-bond donors (Lipinski definition) is 2. The van der Waals surface area contributed by atoms with Crippen LogP contribution in [-0.4, -0.2) is 21.7 Å². The van der Waals surface area contributed by atoms with Crippen molar-refractivity contribution in [1.82, 2.24) is 4.98 Å². The molecule has 0 atom stereocenters. The summed E-state index contributed by atoms with van der Waals surface area (Å²) in [5.41, 5.74) is 4.98. The molecule has 0 saturated heterocycles. The van der Waals surface area contributed by atoms with Crippen molar-refractivity contribution in [2.24, 2.45) is 0 Å². The van der Waals surface area contributed by atoms with Gasteiger partial charge in [-0.2, -0.15) is 0 Å². The predicted octanol–water partition coefficient (Wildman–Crippen LogP) is 4.53. The molecule has 6 nitrogen and oxygen atoms in total. The molecule has 0 spiro atoms. The summed E-state index contributed by atoms with van der Waals surface area (Å²) >= 11 is 6.00. The molecule has 1 aromatic carbocycles. The van der Waals surface area contributed by atoms with Gasteiger partial charge in [0.15, 0.2) is 0 Å². The molecule has 3 N–H and O–H groups in total. The number of anilines is 2. The third-order valence-corrected chi connectivity index (χ3v) is 3.37. The minimum absolute atomic E-state index is 0.00544. The number of carbonyl (C=O) groups is 1. The summed E-state index contributed by atoms with van der Waals surface area (Å²) in [6, 6.07) is 5.34. The first-order valence-electron chi connectivity index (χ1n) is 7.01. The Hall–Kier alpha value is -2.54. The molecule has 0 saturated carbocycles. The van der Waals surface area contributed by atoms with Gasteiger partial charge in [0.2, 0.25) is 5.88 Å². The lowest BCUT2D eigenvalue weighted by molar-refractivity contribution is 0.195. The maximum atomic E-state index is 14.3. The summed E-state index contributed by atoms with van der Waals surface area (Å²) in [5.74, 6) is -0.489. The molecule has 0 fully saturated rings. The SMILES string of the molecule is CC(C)(C)N(C(=O)O)c1cc(Oc2ccc(N)cn2)c(Cl)cc1F. The second-order valence-corrected chi connectivity index (χ2v) is 6.46. The van der Waals surface area contributed by atoms with Crippen molar-refractivity contribution in [3.8, 4) is 11.6 Å². The number of nitrogen functional groups attached to an aromatic ring is 1. The van der Waals surface area contributed by atoms with Gasteiger partial charge in [-0.3, -0.25) is 4.90 Å². The van der Waals surface area contributed by atoms with Crippen molar-refractivity contribution in [3.05, 3.63) is 41.3 Å². The quantitative estimate of drug-likeness (QED) is 0.846. The Morgan fingerprint density at radius 2 is 2.04 bits per heavy atom. The normalized spacial score (nSPS) is 11.2. The van der Waals surface area contributed by atoms with E-state index in [0.717, 1.165) is 11.0 Å². The Labute approximate surface area is 143 Å². The largest absolute Gasteiger partial charge is 0.465 e. The lowest BCUT2D eigenvalue weighted by atomic mass is 10.1. The highest BCUT2D eigenvalue weighted by molar-refractivity contribution is 6.32. The molecule has 0 bridgehead atoms. The summed E-state index contributed by atoms with van der Waals surface area (Å²) in [7, 11) is 0. The van der Waals surface area contributed by atoms with E-state index in [1.54, 1.807) is 26.8 Å². The van der Waals surface area contributed by atoms with Crippen LogP contribution in [0.4, 0.5) is 20.6 Å². The van der Waals surface area contributed by atoms with Crippen LogP contribution in [0.25, 0.3) is 0 Å². The Bertz CT molecular complexity index is 760. The lowest BCUT2D eigenvalue weighted by Crippen LogP contribution is -2.45. The number of pyridine rings is 1. The molecule has 2 aromatic rings. The Morgan fingerprint density at radius 1 is 1.38 bits per heavy atom. The van der Waals surface area contributed by atoms with Crippen molar-refractivity contribution in [2.75, 3.05) is 10.6 Å². The average molecular weight is 354 g/mol. The van der Waals surface area contributed by atoms with Crippen molar-refractivity contribution in [3.63, 3.8) is 0 Å². The van der Waals surface area contributed by atoms with Gasteiger partial charge in [-0.15, -0.1) is 0 Å². The summed E-state index contributed by atoms with van der Waals surface area (Å²) in [6.45, 7) is 4.95. The van der Waals surface area contributed by atoms with Crippen LogP contribution < -0.4 is 15.4 Å². The number of carboxylic acid groups (broad SMARTS) is 1. The van der Waals surface area contributed by atoms with Crippen LogP contribution in [0.3, 0.4) is 0 Å². The molecule has 128 valence electrons. The van der Waals surface area contributed by atoms with Gasteiger partial charge in [-0.1, -0.05) is 11.6 Å². The van der Waals surface area contributed by atoms with Crippen molar-refractivity contribution in [1.29, 1.82) is 0 Å². The molecule has 1 amide bonds. The monoisotopic (exact) mass is 353 g/mol. The molecule has 8 heteroatoms. The number of rotatable bonds is 3. The number of halogens is 2. The third kappa shape index (κ3) is 3.86. The zero-order valence-electron chi connectivity index (χ0n) is 13.4. The van der Waals surface area contributed by atoms with E-state index in [0.29, 0.717) is 5.69 Å². The molecule has 2 rings (SSSR count). The maximum absolute atomic E-state index is 14.3. The fourth-order valence-corrected chi connectivity index (χ4v) is 2.27. The van der Waals surface area contributed by atoms with Crippen LogP contribution in [0.1, 0.15) is 20.8 Å². The average Bonchev–Trinajstić information content (AvgIpc) is 2.44. The lowest BCUT2D eigenvalue weighted by Gasteiger charge is -2.33. The molecule has 1 heterocycles. The molecular formula is C16H17ClFN3O3. The predicted molar refractivity (Wildman–Crippen MR) is 90.4 cm³/mol. The zero-order chi connectivity index (χ0) is 18.1. The first-order chi connectivity index (χ1) is 11.1. The van der Waals surface area contributed by atoms with E-state index < -0.39 is 17.4 Å². The van der Waals surface area contributed by atoms with E-state index in [9.17, 15) is 14.3 Å². The van der Waals surface area contributed by atoms with Crippen LogP contribution in [0.15, 0.2) is 30.5 Å². The van der Waals surface area contributed by atoms with Gasteiger partial charge >= 0.3 is 6.09 Å². The van der Waals surface area contributed by atoms with Gasteiger partial charge in [0.25, 0.3) is 0 Å². The summed E-state index contributed by atoms with van der Waals surface area (Å²) < 4.78 is 19.8. The van der Waals surface area contributed by atoms with E-state index in [-0.39, 0.29) is 22.3 Å². The number of benzene rings is 1. The van der Waals surface area contributed by atoms with E-state index >= 15 is 0 Å². The van der Waals surface area contributed by atoms with Crippen LogP contribution in [0.5, 0.6) is 11.6 Å². The van der Waals surface area contributed by atoms with Crippen LogP contribution in [0.2, 0.25) is 5.02 Å². The highest BCUT2D eigenvalue weighted by atomic mass is 35.5. The van der Waals surface area contributed by atoms with Gasteiger partial charge in [-0.25, -0.2) is 14.2 Å². The molecule has 24 heavy (non-hydrogen) atoms. The van der Waals surface area contributed by atoms with E-state index in [4.69, 9.17) is 22.1 Å². The van der Waals surface area contributed by atoms with Gasteiger partial charge in [0.1, 0.15) is 11.6 Å². The van der Waals surface area contributed by atoms with Gasteiger partial charge in [-0.05, 0) is 32.9 Å². The fraction of sp³-hybridized carbons (Fsp3) is 0.250. The fourth-order valence-electron chi connectivity index (χ4n) is 2.08. The first kappa shape index (κ1) is 17.8. The van der Waals surface area contributed by atoms with E-state index in [2.05, 4.69) is 4.98 Å². The second kappa shape index (κ2) is 6.52. The third-order valence-electron chi connectivity index (χ3n) is 3.08. The minimum Gasteiger partial charge on any atom is -0.465 e. The molecule has 0 aliphatic carbocycles. The Morgan fingerprint density at radius 3 is 2.54 bits per heavy atom. The molecular weight excluding hydrogens is 337 g/mol. The smallest absolute Gasteiger partial charge is 0.412 e. The summed E-state index contributed by atoms with van der Waals surface area (Å²) in [6.07, 6.45) is 0.104.